The van der Waals surface area contributed by atoms with Gasteiger partial charge in [-0.2, -0.15) is 0 Å². The first kappa shape index (κ1) is 17.5. The summed E-state index contributed by atoms with van der Waals surface area (Å²) in [5.74, 6) is 0.735. The predicted molar refractivity (Wildman–Crippen MR) is 104 cm³/mol. The van der Waals surface area contributed by atoms with Crippen molar-refractivity contribution < 1.29 is 14.0 Å². The van der Waals surface area contributed by atoms with Crippen molar-refractivity contribution in [1.82, 2.24) is 10.3 Å². The number of amides is 2. The number of fused-ring (bicyclic) bond motifs is 1. The second kappa shape index (κ2) is 7.00. The van der Waals surface area contributed by atoms with Gasteiger partial charge in [0.25, 0.3) is 5.91 Å². The lowest BCUT2D eigenvalue weighted by Crippen LogP contribution is -2.28. The molecule has 3 heterocycles. The Morgan fingerprint density at radius 3 is 2.96 bits per heavy atom. The fourth-order valence-corrected chi connectivity index (χ4v) is 3.78. The maximum absolute atomic E-state index is 12.7. The molecule has 1 aliphatic heterocycles. The fraction of sp³-hybridized carbons (Fsp3) is 0.250. The van der Waals surface area contributed by atoms with Crippen LogP contribution in [0.15, 0.2) is 40.1 Å². The second-order valence-electron chi connectivity index (χ2n) is 6.56. The highest BCUT2D eigenvalue weighted by Crippen LogP contribution is 2.28. The van der Waals surface area contributed by atoms with Crippen LogP contribution in [0.25, 0.3) is 10.8 Å². The smallest absolute Gasteiger partial charge is 0.274 e. The molecule has 0 saturated carbocycles. The minimum atomic E-state index is -0.266. The van der Waals surface area contributed by atoms with Crippen molar-refractivity contribution in [3.05, 3.63) is 58.3 Å². The normalized spacial score (nSPS) is 14.4. The van der Waals surface area contributed by atoms with Crippen LogP contribution in [0.1, 0.15) is 46.8 Å². The number of carbonyl (C=O) groups excluding carboxylic acids is 2. The van der Waals surface area contributed by atoms with E-state index in [0.29, 0.717) is 30.2 Å². The molecule has 2 aromatic heterocycles. The van der Waals surface area contributed by atoms with Gasteiger partial charge in [-0.1, -0.05) is 18.2 Å². The Balaban J connectivity index is 1.51. The van der Waals surface area contributed by atoms with Gasteiger partial charge >= 0.3 is 0 Å². The van der Waals surface area contributed by atoms with E-state index in [1.54, 1.807) is 6.92 Å². The number of aryl methyl sites for hydroxylation is 2. The van der Waals surface area contributed by atoms with Crippen molar-refractivity contribution in [3.8, 4) is 10.8 Å². The molecule has 1 atom stereocenters. The van der Waals surface area contributed by atoms with Crippen LogP contribution in [0.5, 0.6) is 0 Å². The first-order chi connectivity index (χ1) is 13.0. The molecular weight excluding hydrogens is 362 g/mol. The summed E-state index contributed by atoms with van der Waals surface area (Å²) >= 11 is 1.52. The number of oxazole rings is 1. The summed E-state index contributed by atoms with van der Waals surface area (Å²) in [5.41, 5.74) is 3.22. The molecule has 0 bridgehead atoms. The highest BCUT2D eigenvalue weighted by atomic mass is 32.1. The first-order valence-corrected chi connectivity index (χ1v) is 9.64. The molecule has 1 aromatic carbocycles. The Morgan fingerprint density at radius 2 is 2.19 bits per heavy atom. The van der Waals surface area contributed by atoms with Crippen LogP contribution in [0, 0.1) is 6.92 Å². The predicted octanol–water partition coefficient (Wildman–Crippen LogP) is 4.09. The highest BCUT2D eigenvalue weighted by molar-refractivity contribution is 7.13. The standard InChI is InChI=1S/C20H19N3O3S/c1-11(13-5-7-15-14(10-13)6-8-17(24)22-15)21-19(25)18-12(2)26-20(23-18)16-4-3-9-27-16/h3-5,7,9-11H,6,8H2,1-2H3,(H,21,25)(H,22,24). The van der Waals surface area contributed by atoms with Crippen molar-refractivity contribution in [3.63, 3.8) is 0 Å². The van der Waals surface area contributed by atoms with Gasteiger partial charge in [0.05, 0.1) is 10.9 Å². The zero-order valence-corrected chi connectivity index (χ0v) is 15.9. The Labute approximate surface area is 160 Å². The van der Waals surface area contributed by atoms with Gasteiger partial charge < -0.3 is 15.1 Å². The molecule has 0 radical (unpaired) electrons. The Morgan fingerprint density at radius 1 is 1.33 bits per heavy atom. The summed E-state index contributed by atoms with van der Waals surface area (Å²) in [4.78, 5) is 29.4. The van der Waals surface area contributed by atoms with Crippen molar-refractivity contribution in [2.24, 2.45) is 0 Å². The van der Waals surface area contributed by atoms with Crippen LogP contribution in [0.4, 0.5) is 5.69 Å². The Hall–Kier alpha value is -2.93. The van der Waals surface area contributed by atoms with Gasteiger partial charge in [-0.15, -0.1) is 11.3 Å². The molecule has 2 N–H and O–H groups in total. The molecule has 1 unspecified atom stereocenters. The molecule has 6 nitrogen and oxygen atoms in total. The first-order valence-electron chi connectivity index (χ1n) is 8.76. The second-order valence-corrected chi connectivity index (χ2v) is 7.51. The minimum Gasteiger partial charge on any atom is -0.440 e. The number of carbonyl (C=O) groups is 2. The molecule has 7 heteroatoms. The van der Waals surface area contributed by atoms with E-state index < -0.39 is 0 Å². The number of hydrogen-bond donors (Lipinski definition) is 2. The zero-order chi connectivity index (χ0) is 19.0. The van der Waals surface area contributed by atoms with Crippen molar-refractivity contribution in [2.75, 3.05) is 5.32 Å². The van der Waals surface area contributed by atoms with Crippen LogP contribution in [-0.2, 0) is 11.2 Å². The molecule has 0 saturated heterocycles. The van der Waals surface area contributed by atoms with E-state index in [0.717, 1.165) is 21.7 Å². The third kappa shape index (κ3) is 3.50. The topological polar surface area (TPSA) is 84.2 Å². The SMILES string of the molecule is Cc1oc(-c2cccs2)nc1C(=O)NC(C)c1ccc2c(c1)CCC(=O)N2. The van der Waals surface area contributed by atoms with E-state index in [4.69, 9.17) is 4.42 Å². The van der Waals surface area contributed by atoms with Crippen molar-refractivity contribution in [1.29, 1.82) is 0 Å². The van der Waals surface area contributed by atoms with Gasteiger partial charge in [0.2, 0.25) is 11.8 Å². The van der Waals surface area contributed by atoms with Crippen LogP contribution in [0.3, 0.4) is 0 Å². The largest absolute Gasteiger partial charge is 0.440 e. The molecule has 3 aromatic rings. The van der Waals surface area contributed by atoms with Gasteiger partial charge in [0, 0.05) is 12.1 Å². The van der Waals surface area contributed by atoms with E-state index in [1.165, 1.54) is 11.3 Å². The number of nitrogens with zero attached hydrogens (tertiary/aromatic N) is 1. The summed E-state index contributed by atoms with van der Waals surface area (Å²) < 4.78 is 5.65. The number of anilines is 1. The third-order valence-electron chi connectivity index (χ3n) is 4.62. The van der Waals surface area contributed by atoms with Crippen molar-refractivity contribution in [2.45, 2.75) is 32.7 Å². The number of thiophene rings is 1. The summed E-state index contributed by atoms with van der Waals surface area (Å²) in [6.45, 7) is 3.67. The molecule has 0 fully saturated rings. The quantitative estimate of drug-likeness (QED) is 0.713. The van der Waals surface area contributed by atoms with E-state index in [-0.39, 0.29) is 17.9 Å². The number of rotatable bonds is 4. The van der Waals surface area contributed by atoms with Gasteiger partial charge in [-0.05, 0) is 48.9 Å². The molecule has 138 valence electrons. The van der Waals surface area contributed by atoms with Crippen LogP contribution >= 0.6 is 11.3 Å². The lowest BCUT2D eigenvalue weighted by Gasteiger charge is -2.20. The van der Waals surface area contributed by atoms with Gasteiger partial charge in [-0.25, -0.2) is 4.98 Å². The summed E-state index contributed by atoms with van der Waals surface area (Å²) in [7, 11) is 0. The lowest BCUT2D eigenvalue weighted by atomic mass is 9.98. The molecule has 1 aliphatic rings. The maximum atomic E-state index is 12.7. The van der Waals surface area contributed by atoms with E-state index >= 15 is 0 Å². The third-order valence-corrected chi connectivity index (χ3v) is 5.47. The number of aromatic nitrogens is 1. The number of hydrogen-bond acceptors (Lipinski definition) is 5. The van der Waals surface area contributed by atoms with E-state index in [1.807, 2.05) is 42.6 Å². The van der Waals surface area contributed by atoms with Crippen LogP contribution in [0.2, 0.25) is 0 Å². The summed E-state index contributed by atoms with van der Waals surface area (Å²) in [5, 5.41) is 7.79. The zero-order valence-electron chi connectivity index (χ0n) is 15.0. The van der Waals surface area contributed by atoms with E-state index in [9.17, 15) is 9.59 Å². The monoisotopic (exact) mass is 381 g/mol. The molecule has 2 amide bonds. The number of benzene rings is 1. The van der Waals surface area contributed by atoms with Crippen molar-refractivity contribution >= 4 is 28.8 Å². The highest BCUT2D eigenvalue weighted by Gasteiger charge is 2.21. The van der Waals surface area contributed by atoms with Crippen LogP contribution < -0.4 is 10.6 Å². The average Bonchev–Trinajstić information content (AvgIpc) is 3.30. The molecule has 27 heavy (non-hydrogen) atoms. The van der Waals surface area contributed by atoms with Crippen LogP contribution in [-0.4, -0.2) is 16.8 Å². The Bertz CT molecular complexity index is 1010. The van der Waals surface area contributed by atoms with Gasteiger partial charge in [0.15, 0.2) is 5.69 Å². The molecule has 4 rings (SSSR count). The fourth-order valence-electron chi connectivity index (χ4n) is 3.13. The summed E-state index contributed by atoms with van der Waals surface area (Å²) in [6, 6.07) is 9.48. The maximum Gasteiger partial charge on any atom is 0.274 e. The average molecular weight is 381 g/mol. The van der Waals surface area contributed by atoms with Gasteiger partial charge in [0.1, 0.15) is 5.76 Å². The minimum absolute atomic E-state index is 0.0413. The summed E-state index contributed by atoms with van der Waals surface area (Å²) in [6.07, 6.45) is 1.20. The molecule has 0 spiro atoms. The van der Waals surface area contributed by atoms with E-state index in [2.05, 4.69) is 15.6 Å². The van der Waals surface area contributed by atoms with Gasteiger partial charge in [-0.3, -0.25) is 9.59 Å². The number of nitrogens with one attached hydrogen (secondary N) is 2. The lowest BCUT2D eigenvalue weighted by molar-refractivity contribution is -0.116. The molecule has 0 aliphatic carbocycles. The molecular formula is C20H19N3O3S. The Kier molecular flexibility index (Phi) is 4.53.